The molecule has 0 aliphatic carbocycles. The summed E-state index contributed by atoms with van der Waals surface area (Å²) in [5.74, 6) is 1.09. The summed E-state index contributed by atoms with van der Waals surface area (Å²) in [5.41, 5.74) is 1.09. The van der Waals surface area contributed by atoms with Gasteiger partial charge in [-0.2, -0.15) is 0 Å². The Morgan fingerprint density at radius 1 is 1.50 bits per heavy atom. The van der Waals surface area contributed by atoms with Crippen molar-refractivity contribution in [2.75, 3.05) is 17.6 Å². The van der Waals surface area contributed by atoms with E-state index in [2.05, 4.69) is 61.0 Å². The number of thioether (sulfide) groups is 1. The Morgan fingerprint density at radius 2 is 2.36 bits per heavy atom. The number of anilines is 1. The Labute approximate surface area is 109 Å². The summed E-state index contributed by atoms with van der Waals surface area (Å²) in [6, 6.07) is 6.22. The van der Waals surface area contributed by atoms with Gasteiger partial charge in [-0.25, -0.2) is 0 Å². The standard InChI is InChI=1S/C9H8BrIN2S/c10-7-2-1-6(11)5-8(7)13-9-12-3-4-14-9/h1-2,5H,3-4H2,(H,12,13). The van der Waals surface area contributed by atoms with E-state index in [4.69, 9.17) is 0 Å². The topological polar surface area (TPSA) is 24.4 Å². The van der Waals surface area contributed by atoms with Gasteiger partial charge in [-0.3, -0.25) is 4.99 Å². The van der Waals surface area contributed by atoms with E-state index >= 15 is 0 Å². The molecule has 0 atom stereocenters. The molecule has 0 aromatic heterocycles. The minimum atomic E-state index is 0.925. The molecule has 1 aromatic rings. The number of rotatable bonds is 1. The molecular weight excluding hydrogens is 375 g/mol. The average molecular weight is 383 g/mol. The van der Waals surface area contributed by atoms with Crippen molar-refractivity contribution in [3.05, 3.63) is 26.2 Å². The van der Waals surface area contributed by atoms with E-state index in [9.17, 15) is 0 Å². The predicted octanol–water partition coefficient (Wildman–Crippen LogP) is 3.57. The molecule has 2 rings (SSSR count). The van der Waals surface area contributed by atoms with Crippen LogP contribution in [0.3, 0.4) is 0 Å². The van der Waals surface area contributed by atoms with Gasteiger partial charge in [0.1, 0.15) is 0 Å². The first-order chi connectivity index (χ1) is 6.75. The van der Waals surface area contributed by atoms with Crippen molar-refractivity contribution in [1.29, 1.82) is 0 Å². The minimum absolute atomic E-state index is 0.925. The fourth-order valence-corrected chi connectivity index (χ4v) is 2.70. The monoisotopic (exact) mass is 382 g/mol. The highest BCUT2D eigenvalue weighted by Gasteiger charge is 2.08. The van der Waals surface area contributed by atoms with Gasteiger partial charge in [0, 0.05) is 13.8 Å². The van der Waals surface area contributed by atoms with Crippen molar-refractivity contribution in [1.82, 2.24) is 0 Å². The molecule has 0 bridgehead atoms. The highest BCUT2D eigenvalue weighted by atomic mass is 127. The maximum atomic E-state index is 4.35. The first-order valence-electron chi connectivity index (χ1n) is 4.15. The van der Waals surface area contributed by atoms with Gasteiger partial charge in [0.15, 0.2) is 5.17 Å². The lowest BCUT2D eigenvalue weighted by molar-refractivity contribution is 1.17. The Bertz CT molecular complexity index is 381. The molecule has 1 N–H and O–H groups in total. The van der Waals surface area contributed by atoms with E-state index < -0.39 is 0 Å². The highest BCUT2D eigenvalue weighted by molar-refractivity contribution is 14.1. The van der Waals surface area contributed by atoms with Crippen LogP contribution < -0.4 is 5.32 Å². The molecule has 1 heterocycles. The van der Waals surface area contributed by atoms with E-state index in [1.807, 2.05) is 6.07 Å². The summed E-state index contributed by atoms with van der Waals surface area (Å²) in [5, 5.41) is 4.33. The third kappa shape index (κ3) is 2.64. The number of hydrogen-bond donors (Lipinski definition) is 1. The van der Waals surface area contributed by atoms with Crippen LogP contribution in [0.2, 0.25) is 0 Å². The van der Waals surface area contributed by atoms with Crippen molar-refractivity contribution in [3.63, 3.8) is 0 Å². The van der Waals surface area contributed by atoms with Crippen molar-refractivity contribution < 1.29 is 0 Å². The van der Waals surface area contributed by atoms with E-state index in [-0.39, 0.29) is 0 Å². The third-order valence-corrected chi connectivity index (χ3v) is 4.01. The Kier molecular flexibility index (Phi) is 3.73. The van der Waals surface area contributed by atoms with Crippen LogP contribution in [0.5, 0.6) is 0 Å². The lowest BCUT2D eigenvalue weighted by atomic mass is 10.3. The first kappa shape index (κ1) is 10.8. The molecule has 1 aliphatic heterocycles. The summed E-state index contributed by atoms with van der Waals surface area (Å²) in [4.78, 5) is 4.35. The maximum absolute atomic E-state index is 4.35. The molecule has 0 radical (unpaired) electrons. The zero-order valence-electron chi connectivity index (χ0n) is 7.26. The average Bonchev–Trinajstić information content (AvgIpc) is 2.64. The zero-order valence-corrected chi connectivity index (χ0v) is 11.8. The number of nitrogens with one attached hydrogen (secondary N) is 1. The van der Waals surface area contributed by atoms with Crippen LogP contribution >= 0.6 is 50.3 Å². The number of amidine groups is 1. The van der Waals surface area contributed by atoms with Gasteiger partial charge in [0.2, 0.25) is 0 Å². The molecule has 0 saturated heterocycles. The quantitative estimate of drug-likeness (QED) is 0.751. The number of halogens is 2. The Balaban J connectivity index is 2.19. The normalized spacial score (nSPS) is 15.4. The van der Waals surface area contributed by atoms with Crippen LogP contribution in [-0.2, 0) is 0 Å². The van der Waals surface area contributed by atoms with Crippen LogP contribution in [0.25, 0.3) is 0 Å². The second kappa shape index (κ2) is 4.85. The van der Waals surface area contributed by atoms with Crippen LogP contribution in [0, 0.1) is 3.57 Å². The van der Waals surface area contributed by atoms with E-state index in [0.29, 0.717) is 0 Å². The smallest absolute Gasteiger partial charge is 0.161 e. The van der Waals surface area contributed by atoms with Gasteiger partial charge >= 0.3 is 0 Å². The molecule has 1 aromatic carbocycles. The molecule has 0 spiro atoms. The fraction of sp³-hybridized carbons (Fsp3) is 0.222. The third-order valence-electron chi connectivity index (χ3n) is 1.76. The lowest BCUT2D eigenvalue weighted by Gasteiger charge is -2.07. The number of nitrogens with zero attached hydrogens (tertiary/aromatic N) is 1. The lowest BCUT2D eigenvalue weighted by Crippen LogP contribution is -2.05. The fourth-order valence-electron chi connectivity index (χ4n) is 1.12. The van der Waals surface area contributed by atoms with Crippen LogP contribution in [-0.4, -0.2) is 17.5 Å². The molecular formula is C9H8BrIN2S. The van der Waals surface area contributed by atoms with Crippen LogP contribution in [0.15, 0.2) is 27.7 Å². The van der Waals surface area contributed by atoms with Gasteiger partial charge in [0.05, 0.1) is 12.2 Å². The van der Waals surface area contributed by atoms with Gasteiger partial charge in [0.25, 0.3) is 0 Å². The van der Waals surface area contributed by atoms with Crippen molar-refractivity contribution in [2.24, 2.45) is 4.99 Å². The largest absolute Gasteiger partial charge is 0.334 e. The van der Waals surface area contributed by atoms with Crippen LogP contribution in [0.4, 0.5) is 5.69 Å². The van der Waals surface area contributed by atoms with E-state index in [0.717, 1.165) is 27.6 Å². The molecule has 0 unspecified atom stereocenters. The number of benzene rings is 1. The van der Waals surface area contributed by atoms with Gasteiger partial charge < -0.3 is 5.32 Å². The highest BCUT2D eigenvalue weighted by Crippen LogP contribution is 2.26. The second-order valence-corrected chi connectivity index (χ2v) is 5.97. The summed E-state index contributed by atoms with van der Waals surface area (Å²) >= 11 is 7.58. The van der Waals surface area contributed by atoms with Gasteiger partial charge in [-0.15, -0.1) is 0 Å². The van der Waals surface area contributed by atoms with Crippen molar-refractivity contribution in [2.45, 2.75) is 0 Å². The van der Waals surface area contributed by atoms with Crippen molar-refractivity contribution in [3.8, 4) is 0 Å². The summed E-state index contributed by atoms with van der Waals surface area (Å²) < 4.78 is 2.30. The molecule has 2 nitrogen and oxygen atoms in total. The summed E-state index contributed by atoms with van der Waals surface area (Å²) in [7, 11) is 0. The van der Waals surface area contributed by atoms with Gasteiger partial charge in [-0.1, -0.05) is 11.8 Å². The van der Waals surface area contributed by atoms with E-state index in [1.54, 1.807) is 11.8 Å². The maximum Gasteiger partial charge on any atom is 0.161 e. The predicted molar refractivity (Wildman–Crippen MR) is 75.2 cm³/mol. The molecule has 74 valence electrons. The zero-order chi connectivity index (χ0) is 9.97. The first-order valence-corrected chi connectivity index (χ1v) is 7.01. The Hall–Kier alpha value is 0.250. The summed E-state index contributed by atoms with van der Waals surface area (Å²) in [6.45, 7) is 0.925. The second-order valence-electron chi connectivity index (χ2n) is 2.78. The Morgan fingerprint density at radius 3 is 3.07 bits per heavy atom. The molecule has 0 saturated carbocycles. The van der Waals surface area contributed by atoms with E-state index in [1.165, 1.54) is 3.57 Å². The molecule has 0 fully saturated rings. The molecule has 1 aliphatic rings. The van der Waals surface area contributed by atoms with Crippen molar-refractivity contribution >= 4 is 61.1 Å². The molecule has 5 heteroatoms. The SMILES string of the molecule is Brc1ccc(I)cc1NC1=NCCS1. The summed E-state index contributed by atoms with van der Waals surface area (Å²) in [6.07, 6.45) is 0. The van der Waals surface area contributed by atoms with Gasteiger partial charge in [-0.05, 0) is 56.7 Å². The van der Waals surface area contributed by atoms with Crippen LogP contribution in [0.1, 0.15) is 0 Å². The molecule has 14 heavy (non-hydrogen) atoms. The number of aliphatic imine (C=N–C) groups is 1. The molecule has 0 amide bonds. The number of hydrogen-bond acceptors (Lipinski definition) is 3. The minimum Gasteiger partial charge on any atom is -0.334 e.